The minimum Gasteiger partial charge on any atom is -0.475 e. The molecule has 0 fully saturated rings. The maximum absolute atomic E-state index is 13.8. The number of rotatable bonds is 1. The Kier molecular flexibility index (Phi) is 2.45. The summed E-state index contributed by atoms with van der Waals surface area (Å²) in [7, 11) is 0. The van der Waals surface area contributed by atoms with Gasteiger partial charge in [0.2, 0.25) is 5.90 Å². The second-order valence-corrected chi connectivity index (χ2v) is 4.55. The van der Waals surface area contributed by atoms with Crippen molar-refractivity contribution >= 4 is 5.90 Å². The summed E-state index contributed by atoms with van der Waals surface area (Å²) in [5.41, 5.74) is -0.123. The van der Waals surface area contributed by atoms with E-state index in [1.54, 1.807) is 0 Å². The summed E-state index contributed by atoms with van der Waals surface area (Å²) in [5.74, 6) is -0.902. The lowest BCUT2D eigenvalue weighted by atomic mass is 10.1. The average Bonchev–Trinajstić information content (AvgIpc) is 2.55. The predicted molar refractivity (Wildman–Crippen MR) is 57.7 cm³/mol. The lowest BCUT2D eigenvalue weighted by Crippen LogP contribution is -2.17. The molecule has 1 heterocycles. The smallest absolute Gasteiger partial charge is 0.219 e. The molecule has 1 aliphatic rings. The SMILES string of the molecule is Cc1c(F)ccc(C2=NC(C)(C)CO2)c1F. The number of halogens is 2. The third-order valence-electron chi connectivity index (χ3n) is 2.52. The molecule has 0 aromatic heterocycles. The second-order valence-electron chi connectivity index (χ2n) is 4.55. The lowest BCUT2D eigenvalue weighted by molar-refractivity contribution is 0.279. The molecule has 0 amide bonds. The van der Waals surface area contributed by atoms with E-state index in [0.717, 1.165) is 0 Å². The number of aliphatic imine (C=N–C) groups is 1. The highest BCUT2D eigenvalue weighted by molar-refractivity contribution is 5.95. The van der Waals surface area contributed by atoms with Gasteiger partial charge in [0, 0.05) is 5.56 Å². The third kappa shape index (κ3) is 1.79. The van der Waals surface area contributed by atoms with Crippen LogP contribution in [0.4, 0.5) is 8.78 Å². The van der Waals surface area contributed by atoms with Crippen LogP contribution in [-0.2, 0) is 4.74 Å². The number of hydrogen-bond donors (Lipinski definition) is 0. The Bertz CT molecular complexity index is 466. The van der Waals surface area contributed by atoms with Gasteiger partial charge in [-0.1, -0.05) is 0 Å². The van der Waals surface area contributed by atoms with E-state index in [2.05, 4.69) is 4.99 Å². The van der Waals surface area contributed by atoms with Crippen LogP contribution in [0.2, 0.25) is 0 Å². The van der Waals surface area contributed by atoms with Crippen LogP contribution in [-0.4, -0.2) is 18.0 Å². The Morgan fingerprint density at radius 3 is 2.56 bits per heavy atom. The van der Waals surface area contributed by atoms with E-state index in [4.69, 9.17) is 4.74 Å². The fraction of sp³-hybridized carbons (Fsp3) is 0.417. The van der Waals surface area contributed by atoms with Crippen molar-refractivity contribution < 1.29 is 13.5 Å². The Balaban J connectivity index is 2.47. The van der Waals surface area contributed by atoms with Crippen molar-refractivity contribution in [1.29, 1.82) is 0 Å². The van der Waals surface area contributed by atoms with Crippen molar-refractivity contribution in [1.82, 2.24) is 0 Å². The third-order valence-corrected chi connectivity index (χ3v) is 2.52. The van der Waals surface area contributed by atoms with Crippen LogP contribution in [0.5, 0.6) is 0 Å². The fourth-order valence-electron chi connectivity index (χ4n) is 1.55. The lowest BCUT2D eigenvalue weighted by Gasteiger charge is -2.07. The Labute approximate surface area is 93.0 Å². The van der Waals surface area contributed by atoms with Crippen molar-refractivity contribution in [3.05, 3.63) is 34.9 Å². The highest BCUT2D eigenvalue weighted by Gasteiger charge is 2.29. The Morgan fingerprint density at radius 1 is 1.31 bits per heavy atom. The monoisotopic (exact) mass is 225 g/mol. The van der Waals surface area contributed by atoms with Crippen molar-refractivity contribution in [3.8, 4) is 0 Å². The minimum atomic E-state index is -0.601. The van der Waals surface area contributed by atoms with Gasteiger partial charge in [-0.05, 0) is 32.9 Å². The van der Waals surface area contributed by atoms with Crippen molar-refractivity contribution in [2.24, 2.45) is 4.99 Å². The zero-order valence-corrected chi connectivity index (χ0v) is 9.47. The first kappa shape index (κ1) is 11.0. The Hall–Kier alpha value is -1.45. The van der Waals surface area contributed by atoms with Crippen LogP contribution >= 0.6 is 0 Å². The standard InChI is InChI=1S/C12H13F2NO/c1-7-9(13)5-4-8(10(7)14)11-15-12(2,3)6-16-11/h4-5H,6H2,1-3H3. The molecule has 1 aliphatic heterocycles. The predicted octanol–water partition coefficient (Wildman–Crippen LogP) is 2.83. The molecule has 0 spiro atoms. The van der Waals surface area contributed by atoms with Crippen molar-refractivity contribution in [2.75, 3.05) is 6.61 Å². The van der Waals surface area contributed by atoms with Gasteiger partial charge in [0.15, 0.2) is 0 Å². The molecule has 16 heavy (non-hydrogen) atoms. The van der Waals surface area contributed by atoms with Crippen LogP contribution in [0, 0.1) is 18.6 Å². The molecule has 0 unspecified atom stereocenters. The molecule has 0 radical (unpaired) electrons. The van der Waals surface area contributed by atoms with E-state index in [9.17, 15) is 8.78 Å². The summed E-state index contributed by atoms with van der Waals surface area (Å²) in [5, 5.41) is 0. The first-order valence-electron chi connectivity index (χ1n) is 5.08. The molecule has 1 aromatic carbocycles. The molecule has 0 saturated carbocycles. The molecule has 0 atom stereocenters. The number of ether oxygens (including phenoxy) is 1. The summed E-state index contributed by atoms with van der Waals surface area (Å²) < 4.78 is 32.2. The highest BCUT2D eigenvalue weighted by Crippen LogP contribution is 2.24. The molecular weight excluding hydrogens is 212 g/mol. The first-order chi connectivity index (χ1) is 7.41. The van der Waals surface area contributed by atoms with E-state index >= 15 is 0 Å². The van der Waals surface area contributed by atoms with E-state index in [-0.39, 0.29) is 22.6 Å². The molecule has 1 aromatic rings. The summed E-state index contributed by atoms with van der Waals surface area (Å²) >= 11 is 0. The van der Waals surface area contributed by atoms with Gasteiger partial charge in [0.25, 0.3) is 0 Å². The van der Waals surface area contributed by atoms with Gasteiger partial charge < -0.3 is 4.74 Å². The van der Waals surface area contributed by atoms with Gasteiger partial charge >= 0.3 is 0 Å². The van der Waals surface area contributed by atoms with Gasteiger partial charge in [0.1, 0.15) is 18.2 Å². The molecule has 0 aliphatic carbocycles. The second kappa shape index (κ2) is 3.54. The molecule has 4 heteroatoms. The molecule has 0 bridgehead atoms. The average molecular weight is 225 g/mol. The normalized spacial score (nSPS) is 18.2. The highest BCUT2D eigenvalue weighted by atomic mass is 19.1. The van der Waals surface area contributed by atoms with Gasteiger partial charge in [-0.15, -0.1) is 0 Å². The molecule has 2 nitrogen and oxygen atoms in total. The van der Waals surface area contributed by atoms with Crippen LogP contribution in [0.25, 0.3) is 0 Å². The van der Waals surface area contributed by atoms with Gasteiger partial charge in [-0.2, -0.15) is 0 Å². The van der Waals surface area contributed by atoms with Crippen LogP contribution in [0.1, 0.15) is 25.0 Å². The van der Waals surface area contributed by atoms with Crippen LogP contribution in [0.15, 0.2) is 17.1 Å². The van der Waals surface area contributed by atoms with E-state index in [1.807, 2.05) is 13.8 Å². The fourth-order valence-corrected chi connectivity index (χ4v) is 1.55. The topological polar surface area (TPSA) is 21.6 Å². The molecule has 2 rings (SSSR count). The largest absolute Gasteiger partial charge is 0.475 e. The molecule has 0 N–H and O–H groups in total. The summed E-state index contributed by atoms with van der Waals surface area (Å²) in [6.07, 6.45) is 0. The maximum Gasteiger partial charge on any atom is 0.219 e. The van der Waals surface area contributed by atoms with Crippen molar-refractivity contribution in [3.63, 3.8) is 0 Å². The minimum absolute atomic E-state index is 0.00601. The summed E-state index contributed by atoms with van der Waals surface area (Å²) in [6.45, 7) is 5.61. The zero-order valence-electron chi connectivity index (χ0n) is 9.47. The zero-order chi connectivity index (χ0) is 11.9. The summed E-state index contributed by atoms with van der Waals surface area (Å²) in [6, 6.07) is 2.59. The molecule has 86 valence electrons. The van der Waals surface area contributed by atoms with E-state index in [1.165, 1.54) is 19.1 Å². The van der Waals surface area contributed by atoms with Crippen LogP contribution < -0.4 is 0 Å². The first-order valence-corrected chi connectivity index (χ1v) is 5.08. The number of nitrogens with zero attached hydrogens (tertiary/aromatic N) is 1. The summed E-state index contributed by atoms with van der Waals surface area (Å²) in [4.78, 5) is 4.25. The van der Waals surface area contributed by atoms with E-state index < -0.39 is 11.6 Å². The van der Waals surface area contributed by atoms with E-state index in [0.29, 0.717) is 6.61 Å². The maximum atomic E-state index is 13.8. The van der Waals surface area contributed by atoms with Gasteiger partial charge in [-0.25, -0.2) is 13.8 Å². The van der Waals surface area contributed by atoms with Gasteiger partial charge in [0.05, 0.1) is 11.1 Å². The molecule has 0 saturated heterocycles. The van der Waals surface area contributed by atoms with Crippen molar-refractivity contribution in [2.45, 2.75) is 26.3 Å². The number of benzene rings is 1. The Morgan fingerprint density at radius 2 is 2.00 bits per heavy atom. The quantitative estimate of drug-likeness (QED) is 0.720. The van der Waals surface area contributed by atoms with Crippen LogP contribution in [0.3, 0.4) is 0 Å². The van der Waals surface area contributed by atoms with Gasteiger partial charge in [-0.3, -0.25) is 0 Å². The number of hydrogen-bond acceptors (Lipinski definition) is 2. The molecular formula is C12H13F2NO.